The normalized spacial score (nSPS) is 18.3. The third-order valence-electron chi connectivity index (χ3n) is 3.16. The largest absolute Gasteiger partial charge is 0.379 e. The molecule has 1 aliphatic heterocycles. The molecule has 2 amide bonds. The standard InChI is InChI=1S/C14H21N3O2/c15-7-8-17(10-12-4-2-1-3-5-12)14(18)16-13-6-9-19-11-13/h1-5,13H,6-11,15H2,(H,16,18). The highest BCUT2D eigenvalue weighted by Gasteiger charge is 2.21. The van der Waals surface area contributed by atoms with Crippen LogP contribution in [0.2, 0.25) is 0 Å². The summed E-state index contributed by atoms with van der Waals surface area (Å²) in [5.41, 5.74) is 6.69. The van der Waals surface area contributed by atoms with Gasteiger partial charge in [0.1, 0.15) is 0 Å². The van der Waals surface area contributed by atoms with Crippen LogP contribution in [0.15, 0.2) is 30.3 Å². The molecule has 0 aromatic heterocycles. The molecule has 1 atom stereocenters. The van der Waals surface area contributed by atoms with E-state index < -0.39 is 0 Å². The van der Waals surface area contributed by atoms with Crippen molar-refractivity contribution in [2.75, 3.05) is 26.3 Å². The van der Waals surface area contributed by atoms with Crippen molar-refractivity contribution in [3.63, 3.8) is 0 Å². The van der Waals surface area contributed by atoms with Crippen molar-refractivity contribution in [2.45, 2.75) is 19.0 Å². The Hall–Kier alpha value is -1.59. The van der Waals surface area contributed by atoms with E-state index in [-0.39, 0.29) is 12.1 Å². The fraction of sp³-hybridized carbons (Fsp3) is 0.500. The maximum absolute atomic E-state index is 12.2. The van der Waals surface area contributed by atoms with Crippen molar-refractivity contribution in [3.8, 4) is 0 Å². The van der Waals surface area contributed by atoms with E-state index in [1.807, 2.05) is 30.3 Å². The average Bonchev–Trinajstić information content (AvgIpc) is 2.92. The summed E-state index contributed by atoms with van der Waals surface area (Å²) in [7, 11) is 0. The summed E-state index contributed by atoms with van der Waals surface area (Å²) in [4.78, 5) is 13.9. The highest BCUT2D eigenvalue weighted by molar-refractivity contribution is 5.74. The quantitative estimate of drug-likeness (QED) is 0.831. The number of hydrogen-bond acceptors (Lipinski definition) is 3. The molecular formula is C14H21N3O2. The fourth-order valence-electron chi connectivity index (χ4n) is 2.13. The van der Waals surface area contributed by atoms with Crippen LogP contribution in [-0.4, -0.2) is 43.3 Å². The van der Waals surface area contributed by atoms with Crippen LogP contribution in [0.5, 0.6) is 0 Å². The lowest BCUT2D eigenvalue weighted by molar-refractivity contribution is 0.177. The number of urea groups is 1. The summed E-state index contributed by atoms with van der Waals surface area (Å²) in [6.07, 6.45) is 0.882. The van der Waals surface area contributed by atoms with Crippen LogP contribution in [0.25, 0.3) is 0 Å². The Labute approximate surface area is 113 Å². The molecule has 3 N–H and O–H groups in total. The van der Waals surface area contributed by atoms with Crippen molar-refractivity contribution in [3.05, 3.63) is 35.9 Å². The Bertz CT molecular complexity index is 391. The van der Waals surface area contributed by atoms with Crippen molar-refractivity contribution < 1.29 is 9.53 Å². The van der Waals surface area contributed by atoms with E-state index in [0.717, 1.165) is 18.6 Å². The molecule has 2 rings (SSSR count). The van der Waals surface area contributed by atoms with E-state index in [2.05, 4.69) is 5.32 Å². The number of rotatable bonds is 5. The Kier molecular flexibility index (Phi) is 5.18. The van der Waals surface area contributed by atoms with Gasteiger partial charge in [-0.2, -0.15) is 0 Å². The predicted molar refractivity (Wildman–Crippen MR) is 73.7 cm³/mol. The Morgan fingerprint density at radius 3 is 2.84 bits per heavy atom. The van der Waals surface area contributed by atoms with E-state index in [1.54, 1.807) is 4.90 Å². The van der Waals surface area contributed by atoms with Gasteiger partial charge < -0.3 is 20.7 Å². The number of nitrogens with two attached hydrogens (primary N) is 1. The number of benzene rings is 1. The molecule has 1 aromatic carbocycles. The van der Waals surface area contributed by atoms with Crippen LogP contribution in [0.1, 0.15) is 12.0 Å². The third kappa shape index (κ3) is 4.22. The first kappa shape index (κ1) is 13.8. The predicted octanol–water partition coefficient (Wildman–Crippen LogP) is 0.946. The number of carbonyl (C=O) groups is 1. The van der Waals surface area contributed by atoms with Crippen LogP contribution < -0.4 is 11.1 Å². The summed E-state index contributed by atoms with van der Waals surface area (Å²) in [6, 6.07) is 9.99. The van der Waals surface area contributed by atoms with Gasteiger partial charge in [0.05, 0.1) is 12.6 Å². The second-order valence-corrected chi connectivity index (χ2v) is 4.71. The van der Waals surface area contributed by atoms with E-state index in [0.29, 0.717) is 26.2 Å². The number of nitrogens with one attached hydrogen (secondary N) is 1. The molecule has 5 heteroatoms. The van der Waals surface area contributed by atoms with Gasteiger partial charge in [-0.05, 0) is 12.0 Å². The molecule has 1 heterocycles. The number of carbonyl (C=O) groups excluding carboxylic acids is 1. The molecule has 1 aliphatic rings. The smallest absolute Gasteiger partial charge is 0.318 e. The zero-order valence-corrected chi connectivity index (χ0v) is 11.0. The topological polar surface area (TPSA) is 67.6 Å². The first-order chi connectivity index (χ1) is 9.29. The maximum atomic E-state index is 12.2. The molecule has 0 bridgehead atoms. The third-order valence-corrected chi connectivity index (χ3v) is 3.16. The molecule has 1 unspecified atom stereocenters. The fourth-order valence-corrected chi connectivity index (χ4v) is 2.13. The van der Waals surface area contributed by atoms with Gasteiger partial charge in [0, 0.05) is 26.2 Å². The summed E-state index contributed by atoms with van der Waals surface area (Å²) in [6.45, 7) is 2.92. The molecule has 0 aliphatic carbocycles. The lowest BCUT2D eigenvalue weighted by atomic mass is 10.2. The van der Waals surface area contributed by atoms with E-state index in [4.69, 9.17) is 10.5 Å². The molecule has 5 nitrogen and oxygen atoms in total. The molecular weight excluding hydrogens is 242 g/mol. The van der Waals surface area contributed by atoms with Gasteiger partial charge in [0.15, 0.2) is 0 Å². The molecule has 104 valence electrons. The summed E-state index contributed by atoms with van der Waals surface area (Å²) >= 11 is 0. The SMILES string of the molecule is NCCN(Cc1ccccc1)C(=O)NC1CCOC1. The maximum Gasteiger partial charge on any atom is 0.318 e. The number of nitrogens with zero attached hydrogens (tertiary/aromatic N) is 1. The molecule has 1 saturated heterocycles. The minimum absolute atomic E-state index is 0.0650. The summed E-state index contributed by atoms with van der Waals surface area (Å²) < 4.78 is 5.26. The first-order valence-corrected chi connectivity index (χ1v) is 6.67. The highest BCUT2D eigenvalue weighted by Crippen LogP contribution is 2.07. The monoisotopic (exact) mass is 263 g/mol. The first-order valence-electron chi connectivity index (χ1n) is 6.67. The minimum atomic E-state index is -0.0650. The molecule has 19 heavy (non-hydrogen) atoms. The molecule has 1 aromatic rings. The van der Waals surface area contributed by atoms with Gasteiger partial charge in [0.2, 0.25) is 0 Å². The van der Waals surface area contributed by atoms with E-state index in [9.17, 15) is 4.79 Å². The van der Waals surface area contributed by atoms with Crippen molar-refractivity contribution in [1.82, 2.24) is 10.2 Å². The average molecular weight is 263 g/mol. The lowest BCUT2D eigenvalue weighted by Crippen LogP contribution is -2.46. The second-order valence-electron chi connectivity index (χ2n) is 4.71. The molecule has 0 spiro atoms. The minimum Gasteiger partial charge on any atom is -0.379 e. The van der Waals surface area contributed by atoms with Crippen molar-refractivity contribution in [1.29, 1.82) is 0 Å². The Morgan fingerprint density at radius 2 is 2.21 bits per heavy atom. The van der Waals surface area contributed by atoms with Gasteiger partial charge in [-0.3, -0.25) is 0 Å². The molecule has 0 radical (unpaired) electrons. The van der Waals surface area contributed by atoms with E-state index >= 15 is 0 Å². The van der Waals surface area contributed by atoms with Gasteiger partial charge in [-0.25, -0.2) is 4.79 Å². The van der Waals surface area contributed by atoms with Crippen LogP contribution >= 0.6 is 0 Å². The number of hydrogen-bond donors (Lipinski definition) is 2. The van der Waals surface area contributed by atoms with Crippen LogP contribution in [0.3, 0.4) is 0 Å². The van der Waals surface area contributed by atoms with Gasteiger partial charge in [-0.15, -0.1) is 0 Å². The molecule has 0 saturated carbocycles. The van der Waals surface area contributed by atoms with Gasteiger partial charge in [-0.1, -0.05) is 30.3 Å². The second kappa shape index (κ2) is 7.11. The van der Waals surface area contributed by atoms with Crippen LogP contribution in [0, 0.1) is 0 Å². The lowest BCUT2D eigenvalue weighted by Gasteiger charge is -2.24. The zero-order valence-electron chi connectivity index (χ0n) is 11.0. The Balaban J connectivity index is 1.92. The van der Waals surface area contributed by atoms with Crippen molar-refractivity contribution in [2.24, 2.45) is 5.73 Å². The van der Waals surface area contributed by atoms with Gasteiger partial charge >= 0.3 is 6.03 Å². The van der Waals surface area contributed by atoms with Crippen LogP contribution in [-0.2, 0) is 11.3 Å². The van der Waals surface area contributed by atoms with Gasteiger partial charge in [0.25, 0.3) is 0 Å². The zero-order chi connectivity index (χ0) is 13.5. The summed E-state index contributed by atoms with van der Waals surface area (Å²) in [5.74, 6) is 0. The summed E-state index contributed by atoms with van der Waals surface area (Å²) in [5, 5.41) is 2.99. The van der Waals surface area contributed by atoms with Crippen molar-refractivity contribution >= 4 is 6.03 Å². The van der Waals surface area contributed by atoms with Crippen LogP contribution in [0.4, 0.5) is 4.79 Å². The van der Waals surface area contributed by atoms with E-state index in [1.165, 1.54) is 0 Å². The number of ether oxygens (including phenoxy) is 1. The number of amides is 2. The Morgan fingerprint density at radius 1 is 1.42 bits per heavy atom. The highest BCUT2D eigenvalue weighted by atomic mass is 16.5. The molecule has 1 fully saturated rings.